The molecule has 1 aliphatic rings. The minimum absolute atomic E-state index is 0.0252. The summed E-state index contributed by atoms with van der Waals surface area (Å²) in [5.74, 6) is 0.831. The van der Waals surface area contributed by atoms with Crippen LogP contribution in [0.2, 0.25) is 0 Å². The second kappa shape index (κ2) is 5.66. The normalized spacial score (nSPS) is 16.5. The Morgan fingerprint density at radius 1 is 1.50 bits per heavy atom. The van der Waals surface area contributed by atoms with Crippen molar-refractivity contribution in [3.63, 3.8) is 0 Å². The van der Waals surface area contributed by atoms with Gasteiger partial charge in [-0.2, -0.15) is 0 Å². The van der Waals surface area contributed by atoms with Crippen LogP contribution in [-0.4, -0.2) is 22.1 Å². The third-order valence-electron chi connectivity index (χ3n) is 3.93. The van der Waals surface area contributed by atoms with Crippen molar-refractivity contribution >= 4 is 26.8 Å². The number of hydrogen-bond acceptors (Lipinski definition) is 3. The van der Waals surface area contributed by atoms with Crippen LogP contribution >= 0.6 is 15.9 Å². The maximum atomic E-state index is 12.4. The zero-order valence-electron chi connectivity index (χ0n) is 11.5. The summed E-state index contributed by atoms with van der Waals surface area (Å²) in [5.41, 5.74) is 0.769. The summed E-state index contributed by atoms with van der Waals surface area (Å²) in [7, 11) is 0. The van der Waals surface area contributed by atoms with E-state index < -0.39 is 0 Å². The predicted molar refractivity (Wildman–Crippen MR) is 83.9 cm³/mol. The lowest BCUT2D eigenvalue weighted by molar-refractivity contribution is 0.471. The van der Waals surface area contributed by atoms with Gasteiger partial charge in [-0.05, 0) is 43.9 Å². The highest BCUT2D eigenvalue weighted by Gasteiger charge is 2.27. The summed E-state index contributed by atoms with van der Waals surface area (Å²) >= 11 is 3.40. The minimum atomic E-state index is 0.0252. The number of hydrogen-bond donors (Lipinski definition) is 1. The standard InChI is InChI=1S/C15H18BrN3O/c1-10(11-2-3-11)17-6-7-19-9-18-14-5-4-12(16)8-13(14)15(19)20/h4-5,8-11,17H,2-3,6-7H2,1H3. The number of nitrogens with one attached hydrogen (secondary N) is 1. The van der Waals surface area contributed by atoms with E-state index in [1.165, 1.54) is 12.8 Å². The molecular formula is C15H18BrN3O. The van der Waals surface area contributed by atoms with Crippen molar-refractivity contribution in [2.45, 2.75) is 32.4 Å². The summed E-state index contributed by atoms with van der Waals surface area (Å²) in [6.07, 6.45) is 4.31. The van der Waals surface area contributed by atoms with E-state index in [4.69, 9.17) is 0 Å². The lowest BCUT2D eigenvalue weighted by Gasteiger charge is -2.13. The molecule has 1 aromatic heterocycles. The first-order valence-corrected chi connectivity index (χ1v) is 7.82. The highest BCUT2D eigenvalue weighted by molar-refractivity contribution is 9.10. The summed E-state index contributed by atoms with van der Waals surface area (Å²) in [6, 6.07) is 6.14. The Kier molecular flexibility index (Phi) is 3.89. The van der Waals surface area contributed by atoms with Crippen molar-refractivity contribution in [2.24, 2.45) is 5.92 Å². The predicted octanol–water partition coefficient (Wildman–Crippen LogP) is 2.55. The zero-order valence-corrected chi connectivity index (χ0v) is 13.1. The Balaban J connectivity index is 1.74. The number of aromatic nitrogens is 2. The van der Waals surface area contributed by atoms with Gasteiger partial charge in [-0.15, -0.1) is 0 Å². The monoisotopic (exact) mass is 335 g/mol. The molecule has 4 nitrogen and oxygen atoms in total. The third kappa shape index (κ3) is 2.94. The van der Waals surface area contributed by atoms with Gasteiger partial charge in [0.1, 0.15) is 0 Å². The summed E-state index contributed by atoms with van der Waals surface area (Å²) in [4.78, 5) is 16.7. The van der Waals surface area contributed by atoms with Crippen molar-refractivity contribution in [1.82, 2.24) is 14.9 Å². The quantitative estimate of drug-likeness (QED) is 0.913. The van der Waals surface area contributed by atoms with Gasteiger partial charge in [-0.25, -0.2) is 4.98 Å². The van der Waals surface area contributed by atoms with Gasteiger partial charge in [-0.1, -0.05) is 15.9 Å². The van der Waals surface area contributed by atoms with Crippen molar-refractivity contribution in [2.75, 3.05) is 6.54 Å². The molecule has 2 aromatic rings. The van der Waals surface area contributed by atoms with Gasteiger partial charge in [0, 0.05) is 23.6 Å². The van der Waals surface area contributed by atoms with Crippen LogP contribution in [0.25, 0.3) is 10.9 Å². The van der Waals surface area contributed by atoms with Gasteiger partial charge >= 0.3 is 0 Å². The summed E-state index contributed by atoms with van der Waals surface area (Å²) < 4.78 is 2.59. The fourth-order valence-corrected chi connectivity index (χ4v) is 2.83. The molecule has 1 aliphatic carbocycles. The lowest BCUT2D eigenvalue weighted by Crippen LogP contribution is -2.33. The fourth-order valence-electron chi connectivity index (χ4n) is 2.47. The topological polar surface area (TPSA) is 46.9 Å². The number of benzene rings is 1. The largest absolute Gasteiger partial charge is 0.312 e. The Labute approximate surface area is 126 Å². The molecule has 0 bridgehead atoms. The van der Waals surface area contributed by atoms with Crippen LogP contribution in [0.3, 0.4) is 0 Å². The van der Waals surface area contributed by atoms with Gasteiger partial charge in [0.15, 0.2) is 0 Å². The molecule has 1 aromatic carbocycles. The van der Waals surface area contributed by atoms with E-state index in [0.717, 1.165) is 22.5 Å². The summed E-state index contributed by atoms with van der Waals surface area (Å²) in [6.45, 7) is 3.68. The molecular weight excluding hydrogens is 318 g/mol. The molecule has 1 fully saturated rings. The molecule has 1 N–H and O–H groups in total. The van der Waals surface area contributed by atoms with Gasteiger partial charge in [-0.3, -0.25) is 9.36 Å². The Bertz CT molecular complexity index is 678. The van der Waals surface area contributed by atoms with Gasteiger partial charge < -0.3 is 5.32 Å². The smallest absolute Gasteiger partial charge is 0.261 e. The lowest BCUT2D eigenvalue weighted by atomic mass is 10.2. The third-order valence-corrected chi connectivity index (χ3v) is 4.43. The van der Waals surface area contributed by atoms with E-state index in [2.05, 4.69) is 33.2 Å². The van der Waals surface area contributed by atoms with Crippen LogP contribution in [0.5, 0.6) is 0 Å². The molecule has 0 aliphatic heterocycles. The first-order chi connectivity index (χ1) is 9.65. The molecule has 1 atom stereocenters. The molecule has 20 heavy (non-hydrogen) atoms. The van der Waals surface area contributed by atoms with Crippen LogP contribution < -0.4 is 10.9 Å². The number of nitrogens with zero attached hydrogens (tertiary/aromatic N) is 2. The molecule has 0 amide bonds. The van der Waals surface area contributed by atoms with Crippen molar-refractivity contribution < 1.29 is 0 Å². The van der Waals surface area contributed by atoms with Crippen LogP contribution in [0.1, 0.15) is 19.8 Å². The first kappa shape index (κ1) is 13.8. The Hall–Kier alpha value is -1.20. The molecule has 5 heteroatoms. The van der Waals surface area contributed by atoms with E-state index in [-0.39, 0.29) is 5.56 Å². The molecule has 1 unspecified atom stereocenters. The molecule has 1 saturated carbocycles. The fraction of sp³-hybridized carbons (Fsp3) is 0.467. The number of halogens is 1. The molecule has 0 spiro atoms. The second-order valence-electron chi connectivity index (χ2n) is 5.48. The van der Waals surface area contributed by atoms with E-state index in [1.807, 2.05) is 18.2 Å². The van der Waals surface area contributed by atoms with Crippen LogP contribution in [0.4, 0.5) is 0 Å². The minimum Gasteiger partial charge on any atom is -0.312 e. The van der Waals surface area contributed by atoms with E-state index in [0.29, 0.717) is 18.0 Å². The van der Waals surface area contributed by atoms with Crippen LogP contribution in [0.15, 0.2) is 33.8 Å². The van der Waals surface area contributed by atoms with Gasteiger partial charge in [0.25, 0.3) is 5.56 Å². The van der Waals surface area contributed by atoms with Crippen LogP contribution in [-0.2, 0) is 6.54 Å². The molecule has 0 radical (unpaired) electrons. The average Bonchev–Trinajstić information content (AvgIpc) is 3.26. The zero-order chi connectivity index (χ0) is 14.1. The van der Waals surface area contributed by atoms with E-state index >= 15 is 0 Å². The molecule has 3 rings (SSSR count). The van der Waals surface area contributed by atoms with Crippen molar-refractivity contribution in [3.8, 4) is 0 Å². The maximum absolute atomic E-state index is 12.4. The molecule has 106 valence electrons. The van der Waals surface area contributed by atoms with Crippen LogP contribution in [0, 0.1) is 5.92 Å². The SMILES string of the molecule is CC(NCCn1cnc2ccc(Br)cc2c1=O)C1CC1. The summed E-state index contributed by atoms with van der Waals surface area (Å²) in [5, 5.41) is 4.15. The first-order valence-electron chi connectivity index (χ1n) is 7.03. The van der Waals surface area contributed by atoms with Gasteiger partial charge in [0.2, 0.25) is 0 Å². The maximum Gasteiger partial charge on any atom is 0.261 e. The molecule has 1 heterocycles. The molecule has 0 saturated heterocycles. The second-order valence-corrected chi connectivity index (χ2v) is 6.40. The average molecular weight is 336 g/mol. The van der Waals surface area contributed by atoms with Crippen molar-refractivity contribution in [3.05, 3.63) is 39.4 Å². The highest BCUT2D eigenvalue weighted by atomic mass is 79.9. The number of rotatable bonds is 5. The highest BCUT2D eigenvalue weighted by Crippen LogP contribution is 2.32. The van der Waals surface area contributed by atoms with Gasteiger partial charge in [0.05, 0.1) is 17.2 Å². The number of fused-ring (bicyclic) bond motifs is 1. The van der Waals surface area contributed by atoms with E-state index in [1.54, 1.807) is 10.9 Å². The Morgan fingerprint density at radius 2 is 2.30 bits per heavy atom. The van der Waals surface area contributed by atoms with Crippen molar-refractivity contribution in [1.29, 1.82) is 0 Å². The van der Waals surface area contributed by atoms with E-state index in [9.17, 15) is 4.79 Å². The Morgan fingerprint density at radius 3 is 3.05 bits per heavy atom.